The summed E-state index contributed by atoms with van der Waals surface area (Å²) in [7, 11) is 0.200. The first-order chi connectivity index (χ1) is 4.84. The van der Waals surface area contributed by atoms with E-state index < -0.39 is 0 Å². The lowest BCUT2D eigenvalue weighted by Gasteiger charge is -1.97. The molecule has 0 atom stereocenters. The summed E-state index contributed by atoms with van der Waals surface area (Å²) in [6.07, 6.45) is 0.632. The van der Waals surface area contributed by atoms with Crippen LogP contribution in [0.1, 0.15) is 11.1 Å². The SMILES string of the molecule is Cc1ccccc1CP=O. The van der Waals surface area contributed by atoms with E-state index in [4.69, 9.17) is 0 Å². The van der Waals surface area contributed by atoms with E-state index in [-0.39, 0.29) is 8.46 Å². The molecule has 0 heterocycles. The second kappa shape index (κ2) is 3.48. The number of hydrogen-bond donors (Lipinski definition) is 0. The molecule has 0 saturated heterocycles. The highest BCUT2D eigenvalue weighted by Gasteiger charge is 1.93. The van der Waals surface area contributed by atoms with E-state index in [9.17, 15) is 4.57 Å². The predicted octanol–water partition coefficient (Wildman–Crippen LogP) is 2.79. The van der Waals surface area contributed by atoms with Crippen LogP contribution in [0.3, 0.4) is 0 Å². The molecule has 0 spiro atoms. The zero-order valence-electron chi connectivity index (χ0n) is 5.87. The van der Waals surface area contributed by atoms with Crippen molar-refractivity contribution in [3.8, 4) is 0 Å². The van der Waals surface area contributed by atoms with E-state index in [2.05, 4.69) is 0 Å². The summed E-state index contributed by atoms with van der Waals surface area (Å²) >= 11 is 0. The Bertz CT molecular complexity index is 232. The zero-order chi connectivity index (χ0) is 7.40. The summed E-state index contributed by atoms with van der Waals surface area (Å²) in [6, 6.07) is 7.98. The lowest BCUT2D eigenvalue weighted by Crippen LogP contribution is -1.81. The monoisotopic (exact) mass is 152 g/mol. The minimum atomic E-state index is 0.200. The first-order valence-electron chi connectivity index (χ1n) is 3.18. The third-order valence-corrected chi connectivity index (χ3v) is 1.97. The summed E-state index contributed by atoms with van der Waals surface area (Å²) in [5.41, 5.74) is 2.38. The standard InChI is InChI=1S/C8H9OP/c1-7-4-2-3-5-8(7)6-10-9/h2-5H,6H2,1H3. The molecule has 0 radical (unpaired) electrons. The second-order valence-electron chi connectivity index (χ2n) is 2.21. The quantitative estimate of drug-likeness (QED) is 0.595. The normalized spacial score (nSPS) is 10.1. The molecule has 0 amide bonds. The molecule has 0 aliphatic heterocycles. The van der Waals surface area contributed by atoms with Crippen molar-refractivity contribution in [2.24, 2.45) is 0 Å². The van der Waals surface area contributed by atoms with Gasteiger partial charge in [-0.05, 0) is 18.1 Å². The number of rotatable bonds is 2. The van der Waals surface area contributed by atoms with E-state index in [1.54, 1.807) is 0 Å². The fraction of sp³-hybridized carbons (Fsp3) is 0.250. The molecule has 0 saturated carbocycles. The van der Waals surface area contributed by atoms with Gasteiger partial charge in [0.05, 0.1) is 6.16 Å². The average molecular weight is 152 g/mol. The first-order valence-corrected chi connectivity index (χ1v) is 4.18. The van der Waals surface area contributed by atoms with Crippen molar-refractivity contribution < 1.29 is 4.57 Å². The zero-order valence-corrected chi connectivity index (χ0v) is 6.77. The van der Waals surface area contributed by atoms with Crippen molar-refractivity contribution in [3.05, 3.63) is 35.4 Å². The van der Waals surface area contributed by atoms with Crippen molar-refractivity contribution in [2.45, 2.75) is 13.1 Å². The van der Waals surface area contributed by atoms with Crippen LogP contribution in [0.4, 0.5) is 0 Å². The van der Waals surface area contributed by atoms with Gasteiger partial charge in [0.1, 0.15) is 0 Å². The highest BCUT2D eigenvalue weighted by Crippen LogP contribution is 2.12. The maximum absolute atomic E-state index is 10.2. The predicted molar refractivity (Wildman–Crippen MR) is 42.5 cm³/mol. The summed E-state index contributed by atoms with van der Waals surface area (Å²) in [4.78, 5) is 0. The van der Waals surface area contributed by atoms with Crippen LogP contribution < -0.4 is 0 Å². The second-order valence-corrected chi connectivity index (χ2v) is 2.79. The van der Waals surface area contributed by atoms with Gasteiger partial charge in [0.15, 0.2) is 8.46 Å². The molecule has 1 aromatic rings. The molecule has 0 N–H and O–H groups in total. The average Bonchev–Trinajstić information content (AvgIpc) is 1.94. The van der Waals surface area contributed by atoms with Gasteiger partial charge in [-0.1, -0.05) is 24.3 Å². The van der Waals surface area contributed by atoms with E-state index in [0.717, 1.165) is 0 Å². The highest BCUT2D eigenvalue weighted by atomic mass is 31.1. The molecule has 1 rings (SSSR count). The third-order valence-electron chi connectivity index (χ3n) is 1.50. The molecule has 52 valence electrons. The molecule has 0 unspecified atom stereocenters. The van der Waals surface area contributed by atoms with Crippen LogP contribution in [-0.2, 0) is 10.7 Å². The van der Waals surface area contributed by atoms with Gasteiger partial charge in [-0.2, -0.15) is 0 Å². The Hall–Kier alpha value is -0.680. The molecule has 0 aliphatic rings. The van der Waals surface area contributed by atoms with Crippen molar-refractivity contribution >= 4 is 8.46 Å². The van der Waals surface area contributed by atoms with Gasteiger partial charge < -0.3 is 0 Å². The van der Waals surface area contributed by atoms with Crippen LogP contribution in [0.15, 0.2) is 24.3 Å². The van der Waals surface area contributed by atoms with Gasteiger partial charge in [-0.15, -0.1) is 0 Å². The fourth-order valence-electron chi connectivity index (χ4n) is 0.857. The van der Waals surface area contributed by atoms with Crippen molar-refractivity contribution in [3.63, 3.8) is 0 Å². The fourth-order valence-corrected chi connectivity index (χ4v) is 1.35. The van der Waals surface area contributed by atoms with Crippen LogP contribution >= 0.6 is 8.46 Å². The Kier molecular flexibility index (Phi) is 2.58. The van der Waals surface area contributed by atoms with Crippen molar-refractivity contribution in [1.82, 2.24) is 0 Å². The number of benzene rings is 1. The summed E-state index contributed by atoms with van der Waals surface area (Å²) in [5, 5.41) is 0. The lowest BCUT2D eigenvalue weighted by molar-refractivity contribution is 0.598. The van der Waals surface area contributed by atoms with Gasteiger partial charge in [-0.3, -0.25) is 4.57 Å². The van der Waals surface area contributed by atoms with E-state index >= 15 is 0 Å². The third kappa shape index (κ3) is 1.65. The molecule has 1 nitrogen and oxygen atoms in total. The summed E-state index contributed by atoms with van der Waals surface area (Å²) < 4.78 is 10.2. The Morgan fingerprint density at radius 3 is 2.70 bits per heavy atom. The largest absolute Gasteiger partial charge is 0.275 e. The molecular formula is C8H9OP. The highest BCUT2D eigenvalue weighted by molar-refractivity contribution is 7.22. The molecule has 0 bridgehead atoms. The topological polar surface area (TPSA) is 17.1 Å². The van der Waals surface area contributed by atoms with Crippen LogP contribution in [-0.4, -0.2) is 0 Å². The Morgan fingerprint density at radius 1 is 1.40 bits per heavy atom. The molecule has 1 aromatic carbocycles. The lowest BCUT2D eigenvalue weighted by atomic mass is 10.1. The van der Waals surface area contributed by atoms with Crippen molar-refractivity contribution in [2.75, 3.05) is 0 Å². The van der Waals surface area contributed by atoms with Crippen LogP contribution in [0, 0.1) is 6.92 Å². The van der Waals surface area contributed by atoms with Gasteiger partial charge >= 0.3 is 0 Å². The van der Waals surface area contributed by atoms with E-state index in [0.29, 0.717) is 6.16 Å². The van der Waals surface area contributed by atoms with Gasteiger partial charge in [0.2, 0.25) is 0 Å². The summed E-state index contributed by atoms with van der Waals surface area (Å²) in [5.74, 6) is 0. The maximum atomic E-state index is 10.2. The molecule has 0 aromatic heterocycles. The van der Waals surface area contributed by atoms with Gasteiger partial charge in [-0.25, -0.2) is 0 Å². The Morgan fingerprint density at radius 2 is 2.10 bits per heavy atom. The van der Waals surface area contributed by atoms with Crippen LogP contribution in [0.25, 0.3) is 0 Å². The number of hydrogen-bond acceptors (Lipinski definition) is 1. The Labute approximate surface area is 62.3 Å². The molecular weight excluding hydrogens is 143 g/mol. The molecule has 0 aliphatic carbocycles. The molecule has 2 heteroatoms. The van der Waals surface area contributed by atoms with Crippen LogP contribution in [0.2, 0.25) is 0 Å². The van der Waals surface area contributed by atoms with E-state index in [1.807, 2.05) is 31.2 Å². The molecule has 0 fully saturated rings. The first kappa shape index (κ1) is 7.43. The van der Waals surface area contributed by atoms with Gasteiger partial charge in [0, 0.05) is 0 Å². The van der Waals surface area contributed by atoms with Gasteiger partial charge in [0.25, 0.3) is 0 Å². The van der Waals surface area contributed by atoms with E-state index in [1.165, 1.54) is 11.1 Å². The smallest absolute Gasteiger partial charge is 0.160 e. The minimum absolute atomic E-state index is 0.200. The summed E-state index contributed by atoms with van der Waals surface area (Å²) in [6.45, 7) is 2.03. The van der Waals surface area contributed by atoms with Crippen LogP contribution in [0.5, 0.6) is 0 Å². The maximum Gasteiger partial charge on any atom is 0.160 e. The minimum Gasteiger partial charge on any atom is -0.275 e. The number of aryl methyl sites for hydroxylation is 1. The van der Waals surface area contributed by atoms with Crippen molar-refractivity contribution in [1.29, 1.82) is 0 Å². The Balaban J connectivity index is 2.91. The molecule has 10 heavy (non-hydrogen) atoms.